The molecule has 2 heteroatoms. The first kappa shape index (κ1) is 12.2. The molecule has 2 nitrogen and oxygen atoms in total. The monoisotopic (exact) mass is 206 g/mol. The Morgan fingerprint density at radius 1 is 1.20 bits per heavy atom. The molecule has 0 aliphatic rings. The van der Waals surface area contributed by atoms with Crippen LogP contribution in [0, 0.1) is 6.92 Å². The summed E-state index contributed by atoms with van der Waals surface area (Å²) in [4.78, 5) is 2.41. The minimum absolute atomic E-state index is 0.362. The molecule has 84 valence electrons. The summed E-state index contributed by atoms with van der Waals surface area (Å²) in [7, 11) is 0. The van der Waals surface area contributed by atoms with E-state index < -0.39 is 0 Å². The molecule has 0 radical (unpaired) electrons. The van der Waals surface area contributed by atoms with Crippen molar-refractivity contribution in [3.63, 3.8) is 0 Å². The maximum atomic E-state index is 5.88. The normalized spacial score (nSPS) is 13.1. The molecular weight excluding hydrogens is 184 g/mol. The number of aryl methyl sites for hydroxylation is 1. The highest BCUT2D eigenvalue weighted by Gasteiger charge is 2.17. The fourth-order valence-corrected chi connectivity index (χ4v) is 2.10. The first-order chi connectivity index (χ1) is 7.24. The predicted octanol–water partition coefficient (Wildman–Crippen LogP) is 2.34. The number of nitrogens with two attached hydrogens (primary N) is 1. The van der Waals surface area contributed by atoms with Crippen molar-refractivity contribution in [2.45, 2.75) is 26.8 Å². The smallest absolute Gasteiger partial charge is 0.0472 e. The molecule has 0 amide bonds. The zero-order valence-electron chi connectivity index (χ0n) is 10.0. The Morgan fingerprint density at radius 3 is 2.27 bits per heavy atom. The van der Waals surface area contributed by atoms with Gasteiger partial charge in [0.05, 0.1) is 0 Å². The van der Waals surface area contributed by atoms with Gasteiger partial charge >= 0.3 is 0 Å². The minimum atomic E-state index is 0.362. The Kier molecular flexibility index (Phi) is 4.79. The van der Waals surface area contributed by atoms with Crippen molar-refractivity contribution in [3.8, 4) is 0 Å². The minimum Gasteiger partial charge on any atom is -0.329 e. The lowest BCUT2D eigenvalue weighted by Crippen LogP contribution is -2.33. The lowest BCUT2D eigenvalue weighted by Gasteiger charge is -2.30. The van der Waals surface area contributed by atoms with E-state index in [1.807, 2.05) is 0 Å². The van der Waals surface area contributed by atoms with E-state index in [0.717, 1.165) is 13.1 Å². The molecule has 0 aliphatic heterocycles. The van der Waals surface area contributed by atoms with Gasteiger partial charge in [0.2, 0.25) is 0 Å². The van der Waals surface area contributed by atoms with Crippen LogP contribution in [-0.2, 0) is 0 Å². The molecule has 0 spiro atoms. The van der Waals surface area contributed by atoms with Gasteiger partial charge in [-0.05, 0) is 31.1 Å². The van der Waals surface area contributed by atoms with E-state index in [9.17, 15) is 0 Å². The average Bonchev–Trinajstić information content (AvgIpc) is 2.27. The molecule has 0 fully saturated rings. The van der Waals surface area contributed by atoms with Gasteiger partial charge in [-0.15, -0.1) is 0 Å². The van der Waals surface area contributed by atoms with E-state index in [-0.39, 0.29) is 0 Å². The SMILES string of the molecule is CCN(CC)C(CN)c1ccccc1C. The first-order valence-electron chi connectivity index (χ1n) is 5.74. The molecule has 15 heavy (non-hydrogen) atoms. The van der Waals surface area contributed by atoms with Crippen LogP contribution in [0.15, 0.2) is 24.3 Å². The highest BCUT2D eigenvalue weighted by atomic mass is 15.2. The summed E-state index contributed by atoms with van der Waals surface area (Å²) in [5, 5.41) is 0. The van der Waals surface area contributed by atoms with Crippen molar-refractivity contribution in [2.24, 2.45) is 5.73 Å². The number of hydrogen-bond donors (Lipinski definition) is 1. The van der Waals surface area contributed by atoms with Crippen LogP contribution >= 0.6 is 0 Å². The molecule has 0 aliphatic carbocycles. The zero-order chi connectivity index (χ0) is 11.3. The Hall–Kier alpha value is -0.860. The Bertz CT molecular complexity index is 292. The van der Waals surface area contributed by atoms with Gasteiger partial charge in [0.15, 0.2) is 0 Å². The summed E-state index contributed by atoms with van der Waals surface area (Å²) in [5.74, 6) is 0. The van der Waals surface area contributed by atoms with E-state index in [1.54, 1.807) is 0 Å². The van der Waals surface area contributed by atoms with Crippen molar-refractivity contribution in [3.05, 3.63) is 35.4 Å². The quantitative estimate of drug-likeness (QED) is 0.801. The van der Waals surface area contributed by atoms with Crippen molar-refractivity contribution in [1.29, 1.82) is 0 Å². The van der Waals surface area contributed by atoms with Gasteiger partial charge in [-0.25, -0.2) is 0 Å². The second-order valence-corrected chi connectivity index (χ2v) is 3.83. The van der Waals surface area contributed by atoms with Crippen LogP contribution in [0.1, 0.15) is 31.0 Å². The molecule has 2 N–H and O–H groups in total. The van der Waals surface area contributed by atoms with Crippen molar-refractivity contribution >= 4 is 0 Å². The highest BCUT2D eigenvalue weighted by molar-refractivity contribution is 5.29. The molecule has 0 bridgehead atoms. The van der Waals surface area contributed by atoms with Crippen LogP contribution in [0.3, 0.4) is 0 Å². The first-order valence-corrected chi connectivity index (χ1v) is 5.74. The average molecular weight is 206 g/mol. The van der Waals surface area contributed by atoms with Crippen molar-refractivity contribution in [1.82, 2.24) is 4.90 Å². The molecule has 1 aromatic rings. The van der Waals surface area contributed by atoms with Gasteiger partial charge in [-0.3, -0.25) is 4.90 Å². The zero-order valence-corrected chi connectivity index (χ0v) is 10.0. The van der Waals surface area contributed by atoms with Crippen molar-refractivity contribution < 1.29 is 0 Å². The molecule has 0 saturated heterocycles. The van der Waals surface area contributed by atoms with Crippen LogP contribution < -0.4 is 5.73 Å². The third kappa shape index (κ3) is 2.80. The van der Waals surface area contributed by atoms with Crippen LogP contribution in [0.4, 0.5) is 0 Å². The lowest BCUT2D eigenvalue weighted by molar-refractivity contribution is 0.223. The van der Waals surface area contributed by atoms with E-state index in [4.69, 9.17) is 5.73 Å². The molecular formula is C13H22N2. The summed E-state index contributed by atoms with van der Waals surface area (Å²) in [5.41, 5.74) is 8.58. The lowest BCUT2D eigenvalue weighted by atomic mass is 10.00. The molecule has 0 heterocycles. The van der Waals surface area contributed by atoms with Crippen molar-refractivity contribution in [2.75, 3.05) is 19.6 Å². The molecule has 1 rings (SSSR count). The van der Waals surface area contributed by atoms with Gasteiger partial charge < -0.3 is 5.73 Å². The highest BCUT2D eigenvalue weighted by Crippen LogP contribution is 2.22. The topological polar surface area (TPSA) is 29.3 Å². The van der Waals surface area contributed by atoms with E-state index in [1.165, 1.54) is 11.1 Å². The number of likely N-dealkylation sites (N-methyl/N-ethyl adjacent to an activating group) is 1. The molecule has 0 aromatic heterocycles. The number of benzene rings is 1. The van der Waals surface area contributed by atoms with Gasteiger partial charge in [-0.1, -0.05) is 38.1 Å². The summed E-state index contributed by atoms with van der Waals surface area (Å²) in [6, 6.07) is 8.87. The fourth-order valence-electron chi connectivity index (χ4n) is 2.10. The maximum absolute atomic E-state index is 5.88. The summed E-state index contributed by atoms with van der Waals surface area (Å²) in [6.07, 6.45) is 0. The third-order valence-corrected chi connectivity index (χ3v) is 3.02. The summed E-state index contributed by atoms with van der Waals surface area (Å²) < 4.78 is 0. The summed E-state index contributed by atoms with van der Waals surface area (Å²) >= 11 is 0. The fraction of sp³-hybridized carbons (Fsp3) is 0.538. The van der Waals surface area contributed by atoms with Gasteiger partial charge in [0.25, 0.3) is 0 Å². The second kappa shape index (κ2) is 5.89. The Labute approximate surface area is 93.1 Å². The number of rotatable bonds is 5. The van der Waals surface area contributed by atoms with Gasteiger partial charge in [0.1, 0.15) is 0 Å². The predicted molar refractivity (Wildman–Crippen MR) is 65.9 cm³/mol. The Morgan fingerprint density at radius 2 is 1.80 bits per heavy atom. The number of nitrogens with zero attached hydrogens (tertiary/aromatic N) is 1. The van der Waals surface area contributed by atoms with Crippen LogP contribution in [0.5, 0.6) is 0 Å². The van der Waals surface area contributed by atoms with E-state index in [0.29, 0.717) is 12.6 Å². The largest absolute Gasteiger partial charge is 0.329 e. The molecule has 1 unspecified atom stereocenters. The van der Waals surface area contributed by atoms with Crippen LogP contribution in [-0.4, -0.2) is 24.5 Å². The molecule has 1 aromatic carbocycles. The van der Waals surface area contributed by atoms with Crippen LogP contribution in [0.2, 0.25) is 0 Å². The van der Waals surface area contributed by atoms with Gasteiger partial charge in [0, 0.05) is 12.6 Å². The molecule has 1 atom stereocenters. The van der Waals surface area contributed by atoms with E-state index in [2.05, 4.69) is 49.9 Å². The standard InChI is InChI=1S/C13H22N2/c1-4-15(5-2)13(10-14)12-9-7-6-8-11(12)3/h6-9,13H,4-5,10,14H2,1-3H3. The van der Waals surface area contributed by atoms with Crippen LogP contribution in [0.25, 0.3) is 0 Å². The summed E-state index contributed by atoms with van der Waals surface area (Å²) in [6.45, 7) is 9.31. The Balaban J connectivity index is 2.96. The third-order valence-electron chi connectivity index (χ3n) is 3.02. The van der Waals surface area contributed by atoms with Gasteiger partial charge in [-0.2, -0.15) is 0 Å². The maximum Gasteiger partial charge on any atom is 0.0472 e. The second-order valence-electron chi connectivity index (χ2n) is 3.83. The van der Waals surface area contributed by atoms with E-state index >= 15 is 0 Å². The molecule has 0 saturated carbocycles. The number of hydrogen-bond acceptors (Lipinski definition) is 2.